The standard InChI is InChI=1S/C11H12FN3O/c1-16-10-4-2-3-8(12)11(10)9-5-7(6-13)14-15-9/h2-5H,6,13H2,1H3,(H,14,15). The van der Waals surface area contributed by atoms with Gasteiger partial charge in [0, 0.05) is 12.2 Å². The van der Waals surface area contributed by atoms with Crippen LogP contribution in [0.3, 0.4) is 0 Å². The van der Waals surface area contributed by atoms with Gasteiger partial charge in [0.15, 0.2) is 0 Å². The Morgan fingerprint density at radius 2 is 2.31 bits per heavy atom. The van der Waals surface area contributed by atoms with Crippen molar-refractivity contribution in [2.45, 2.75) is 6.54 Å². The van der Waals surface area contributed by atoms with Crippen LogP contribution in [0.25, 0.3) is 11.3 Å². The van der Waals surface area contributed by atoms with Crippen molar-refractivity contribution in [3.63, 3.8) is 0 Å². The van der Waals surface area contributed by atoms with Crippen molar-refractivity contribution < 1.29 is 9.13 Å². The van der Waals surface area contributed by atoms with E-state index in [2.05, 4.69) is 10.2 Å². The van der Waals surface area contributed by atoms with E-state index in [0.29, 0.717) is 23.6 Å². The summed E-state index contributed by atoms with van der Waals surface area (Å²) in [6, 6.07) is 6.36. The minimum Gasteiger partial charge on any atom is -0.496 e. The minimum absolute atomic E-state index is 0.337. The van der Waals surface area contributed by atoms with Gasteiger partial charge in [-0.15, -0.1) is 0 Å². The topological polar surface area (TPSA) is 63.9 Å². The van der Waals surface area contributed by atoms with Crippen molar-refractivity contribution in [3.05, 3.63) is 35.8 Å². The molecule has 1 aromatic carbocycles. The second-order valence-corrected chi connectivity index (χ2v) is 3.30. The average Bonchev–Trinajstić information content (AvgIpc) is 2.76. The molecule has 0 bridgehead atoms. The normalized spacial score (nSPS) is 10.4. The Kier molecular flexibility index (Phi) is 2.87. The van der Waals surface area contributed by atoms with Crippen LogP contribution < -0.4 is 10.5 Å². The highest BCUT2D eigenvalue weighted by atomic mass is 19.1. The summed E-state index contributed by atoms with van der Waals surface area (Å²) in [5.74, 6) is 0.0875. The highest BCUT2D eigenvalue weighted by Gasteiger charge is 2.14. The van der Waals surface area contributed by atoms with Crippen LogP contribution >= 0.6 is 0 Å². The first-order valence-electron chi connectivity index (χ1n) is 4.83. The molecule has 1 heterocycles. The van der Waals surface area contributed by atoms with Crippen molar-refractivity contribution in [1.82, 2.24) is 10.2 Å². The van der Waals surface area contributed by atoms with Crippen LogP contribution in [0.4, 0.5) is 4.39 Å². The lowest BCUT2D eigenvalue weighted by atomic mass is 10.1. The average molecular weight is 221 g/mol. The van der Waals surface area contributed by atoms with Gasteiger partial charge in [-0.3, -0.25) is 5.10 Å². The largest absolute Gasteiger partial charge is 0.496 e. The van der Waals surface area contributed by atoms with E-state index in [-0.39, 0.29) is 5.82 Å². The van der Waals surface area contributed by atoms with Gasteiger partial charge in [-0.05, 0) is 18.2 Å². The first-order valence-corrected chi connectivity index (χ1v) is 4.83. The molecular weight excluding hydrogens is 209 g/mol. The smallest absolute Gasteiger partial charge is 0.136 e. The van der Waals surface area contributed by atoms with Gasteiger partial charge < -0.3 is 10.5 Å². The predicted molar refractivity (Wildman–Crippen MR) is 58.4 cm³/mol. The number of nitrogens with one attached hydrogen (secondary N) is 1. The lowest BCUT2D eigenvalue weighted by Gasteiger charge is -2.06. The summed E-state index contributed by atoms with van der Waals surface area (Å²) >= 11 is 0. The van der Waals surface area contributed by atoms with Crippen LogP contribution in [0.15, 0.2) is 24.3 Å². The summed E-state index contributed by atoms with van der Waals surface area (Å²) in [5.41, 5.74) is 7.05. The van der Waals surface area contributed by atoms with E-state index in [4.69, 9.17) is 10.5 Å². The van der Waals surface area contributed by atoms with Crippen LogP contribution in [0.1, 0.15) is 5.69 Å². The quantitative estimate of drug-likeness (QED) is 0.828. The summed E-state index contributed by atoms with van der Waals surface area (Å²) in [6.07, 6.45) is 0. The Balaban J connectivity index is 2.53. The minimum atomic E-state index is -0.366. The number of hydrogen-bond donors (Lipinski definition) is 2. The number of halogens is 1. The molecule has 0 aliphatic rings. The summed E-state index contributed by atoms with van der Waals surface area (Å²) < 4.78 is 18.8. The number of rotatable bonds is 3. The molecule has 0 radical (unpaired) electrons. The van der Waals surface area contributed by atoms with Gasteiger partial charge in [-0.1, -0.05) is 6.07 Å². The number of aromatic nitrogens is 2. The first kappa shape index (κ1) is 10.6. The fourth-order valence-electron chi connectivity index (χ4n) is 1.52. The zero-order valence-electron chi connectivity index (χ0n) is 8.83. The number of ether oxygens (including phenoxy) is 1. The number of nitrogens with zero attached hydrogens (tertiary/aromatic N) is 1. The Labute approximate surface area is 92.2 Å². The van der Waals surface area contributed by atoms with Gasteiger partial charge in [-0.25, -0.2) is 4.39 Å². The second-order valence-electron chi connectivity index (χ2n) is 3.30. The van der Waals surface area contributed by atoms with Gasteiger partial charge in [-0.2, -0.15) is 5.10 Å². The number of H-pyrrole nitrogens is 1. The van der Waals surface area contributed by atoms with Crippen molar-refractivity contribution in [2.75, 3.05) is 7.11 Å². The fraction of sp³-hybridized carbons (Fsp3) is 0.182. The summed E-state index contributed by atoms with van der Waals surface area (Å²) in [7, 11) is 1.49. The monoisotopic (exact) mass is 221 g/mol. The van der Waals surface area contributed by atoms with E-state index in [1.54, 1.807) is 18.2 Å². The number of benzene rings is 1. The van der Waals surface area contributed by atoms with Crippen molar-refractivity contribution in [2.24, 2.45) is 5.73 Å². The van der Waals surface area contributed by atoms with E-state index >= 15 is 0 Å². The van der Waals surface area contributed by atoms with Gasteiger partial charge in [0.05, 0.1) is 18.4 Å². The molecule has 3 N–H and O–H groups in total. The Morgan fingerprint density at radius 3 is 2.94 bits per heavy atom. The number of methoxy groups -OCH3 is 1. The molecule has 0 aliphatic carbocycles. The fourth-order valence-corrected chi connectivity index (χ4v) is 1.52. The molecule has 1 aromatic heterocycles. The Bertz CT molecular complexity index is 496. The maximum Gasteiger partial charge on any atom is 0.136 e. The Hall–Kier alpha value is -1.88. The summed E-state index contributed by atoms with van der Waals surface area (Å²) in [4.78, 5) is 0. The lowest BCUT2D eigenvalue weighted by molar-refractivity contribution is 0.413. The highest BCUT2D eigenvalue weighted by Crippen LogP contribution is 2.31. The van der Waals surface area contributed by atoms with Gasteiger partial charge >= 0.3 is 0 Å². The first-order chi connectivity index (χ1) is 7.76. The van der Waals surface area contributed by atoms with E-state index in [1.807, 2.05) is 0 Å². The molecule has 0 fully saturated rings. The second kappa shape index (κ2) is 4.32. The van der Waals surface area contributed by atoms with Crippen LogP contribution in [-0.4, -0.2) is 17.3 Å². The maximum absolute atomic E-state index is 13.7. The van der Waals surface area contributed by atoms with E-state index in [0.717, 1.165) is 5.69 Å². The predicted octanol–water partition coefficient (Wildman–Crippen LogP) is 1.68. The zero-order chi connectivity index (χ0) is 11.5. The van der Waals surface area contributed by atoms with Crippen molar-refractivity contribution in [1.29, 1.82) is 0 Å². The molecule has 0 spiro atoms. The molecule has 0 saturated heterocycles. The summed E-state index contributed by atoms with van der Waals surface area (Å²) in [6.45, 7) is 0.337. The van der Waals surface area contributed by atoms with E-state index in [1.165, 1.54) is 13.2 Å². The van der Waals surface area contributed by atoms with Crippen LogP contribution in [-0.2, 0) is 6.54 Å². The van der Waals surface area contributed by atoms with Gasteiger partial charge in [0.25, 0.3) is 0 Å². The number of hydrogen-bond acceptors (Lipinski definition) is 3. The maximum atomic E-state index is 13.7. The van der Waals surface area contributed by atoms with Crippen LogP contribution in [0.2, 0.25) is 0 Å². The summed E-state index contributed by atoms with van der Waals surface area (Å²) in [5, 5.41) is 6.74. The molecule has 0 unspecified atom stereocenters. The lowest BCUT2D eigenvalue weighted by Crippen LogP contribution is -1.95. The molecule has 0 aliphatic heterocycles. The molecule has 0 saturated carbocycles. The molecule has 4 nitrogen and oxygen atoms in total. The van der Waals surface area contributed by atoms with Crippen LogP contribution in [0, 0.1) is 5.82 Å². The molecule has 0 atom stereocenters. The third kappa shape index (κ3) is 1.77. The van der Waals surface area contributed by atoms with Gasteiger partial charge in [0.2, 0.25) is 0 Å². The van der Waals surface area contributed by atoms with Gasteiger partial charge in [0.1, 0.15) is 11.6 Å². The molecule has 0 amide bonds. The third-order valence-electron chi connectivity index (χ3n) is 2.30. The molecule has 5 heteroatoms. The Morgan fingerprint density at radius 1 is 1.50 bits per heavy atom. The molecule has 2 rings (SSSR count). The third-order valence-corrected chi connectivity index (χ3v) is 2.30. The molecular formula is C11H12FN3O. The molecule has 2 aromatic rings. The van der Waals surface area contributed by atoms with Crippen molar-refractivity contribution >= 4 is 0 Å². The van der Waals surface area contributed by atoms with E-state index < -0.39 is 0 Å². The SMILES string of the molecule is COc1cccc(F)c1-c1cc(CN)[nH]n1. The zero-order valence-corrected chi connectivity index (χ0v) is 8.83. The van der Waals surface area contributed by atoms with Crippen molar-refractivity contribution in [3.8, 4) is 17.0 Å². The van der Waals surface area contributed by atoms with E-state index in [9.17, 15) is 4.39 Å². The highest BCUT2D eigenvalue weighted by molar-refractivity contribution is 5.67. The number of aromatic amines is 1. The molecule has 84 valence electrons. The number of nitrogens with two attached hydrogens (primary N) is 1. The molecule has 16 heavy (non-hydrogen) atoms. The van der Waals surface area contributed by atoms with Crippen LogP contribution in [0.5, 0.6) is 5.75 Å².